The Bertz CT molecular complexity index is 1110. The number of benzene rings is 3. The number of carbonyl (C=O) groups is 1. The van der Waals surface area contributed by atoms with Crippen LogP contribution in [0.1, 0.15) is 30.4 Å². The zero-order valence-corrected chi connectivity index (χ0v) is 20.2. The molecule has 0 aliphatic heterocycles. The number of aliphatic hydroxyl groups is 1. The van der Waals surface area contributed by atoms with Crippen molar-refractivity contribution in [3.63, 3.8) is 0 Å². The molecular formula is C28H34F2N4O2. The number of hydrogen-bond donors (Lipinski definition) is 5. The minimum Gasteiger partial charge on any atom is -0.385 e. The summed E-state index contributed by atoms with van der Waals surface area (Å²) < 4.78 is 27.1. The van der Waals surface area contributed by atoms with Crippen molar-refractivity contribution in [1.82, 2.24) is 0 Å². The molecular weight excluding hydrogens is 462 g/mol. The van der Waals surface area contributed by atoms with E-state index in [-0.39, 0.29) is 6.04 Å². The Labute approximate surface area is 210 Å². The highest BCUT2D eigenvalue weighted by atomic mass is 19.1. The zero-order valence-electron chi connectivity index (χ0n) is 20.2. The van der Waals surface area contributed by atoms with E-state index < -0.39 is 29.7 Å². The van der Waals surface area contributed by atoms with Crippen molar-refractivity contribution in [2.45, 2.75) is 50.3 Å². The molecule has 3 atom stereocenters. The summed E-state index contributed by atoms with van der Waals surface area (Å²) >= 11 is 0. The highest BCUT2D eigenvalue weighted by Crippen LogP contribution is 2.17. The third kappa shape index (κ3) is 8.71. The lowest BCUT2D eigenvalue weighted by Gasteiger charge is -2.19. The van der Waals surface area contributed by atoms with E-state index in [4.69, 9.17) is 11.5 Å². The second kappa shape index (κ2) is 13.7. The molecule has 0 spiro atoms. The largest absolute Gasteiger partial charge is 0.385 e. The Morgan fingerprint density at radius 1 is 0.889 bits per heavy atom. The SMILES string of the molecule is NC(CCCCNc1cccc(NC(=O)C(O)C(N)Cc2ccccc2)c1)Cc1cc(F)ccc1F. The molecule has 0 saturated carbocycles. The van der Waals surface area contributed by atoms with Gasteiger partial charge in [0.2, 0.25) is 0 Å². The van der Waals surface area contributed by atoms with Crippen LogP contribution >= 0.6 is 0 Å². The van der Waals surface area contributed by atoms with Crippen molar-refractivity contribution < 1.29 is 18.7 Å². The van der Waals surface area contributed by atoms with Crippen molar-refractivity contribution in [3.8, 4) is 0 Å². The fraction of sp³-hybridized carbons (Fsp3) is 0.321. The average Bonchev–Trinajstić information content (AvgIpc) is 2.86. The lowest BCUT2D eigenvalue weighted by molar-refractivity contribution is -0.124. The Kier molecular flexibility index (Phi) is 10.4. The minimum atomic E-state index is -1.34. The van der Waals surface area contributed by atoms with E-state index in [1.165, 1.54) is 6.07 Å². The Balaban J connectivity index is 1.39. The molecule has 0 bridgehead atoms. The van der Waals surface area contributed by atoms with Crippen molar-refractivity contribution in [3.05, 3.63) is 95.6 Å². The first kappa shape index (κ1) is 27.3. The van der Waals surface area contributed by atoms with Crippen LogP contribution in [-0.4, -0.2) is 35.7 Å². The Hall–Kier alpha value is -3.33. The number of amides is 1. The highest BCUT2D eigenvalue weighted by molar-refractivity contribution is 5.94. The maximum atomic E-state index is 13.8. The summed E-state index contributed by atoms with van der Waals surface area (Å²) in [6.07, 6.45) is 1.69. The molecule has 36 heavy (non-hydrogen) atoms. The lowest BCUT2D eigenvalue weighted by atomic mass is 10.0. The molecule has 7 N–H and O–H groups in total. The molecule has 3 aromatic carbocycles. The fourth-order valence-electron chi connectivity index (χ4n) is 3.96. The number of nitrogens with two attached hydrogens (primary N) is 2. The van der Waals surface area contributed by atoms with Gasteiger partial charge in [0.1, 0.15) is 17.7 Å². The minimum absolute atomic E-state index is 0.250. The number of unbranched alkanes of at least 4 members (excludes halogenated alkanes) is 1. The van der Waals surface area contributed by atoms with E-state index in [1.807, 2.05) is 36.4 Å². The van der Waals surface area contributed by atoms with Crippen LogP contribution in [0.3, 0.4) is 0 Å². The molecule has 192 valence electrons. The smallest absolute Gasteiger partial charge is 0.254 e. The van der Waals surface area contributed by atoms with Gasteiger partial charge in [-0.15, -0.1) is 0 Å². The predicted molar refractivity (Wildman–Crippen MR) is 140 cm³/mol. The normalized spacial score (nSPS) is 13.6. The van der Waals surface area contributed by atoms with Crippen molar-refractivity contribution in [2.75, 3.05) is 17.2 Å². The van der Waals surface area contributed by atoms with Gasteiger partial charge >= 0.3 is 0 Å². The summed E-state index contributed by atoms with van der Waals surface area (Å²) in [4.78, 5) is 12.5. The maximum absolute atomic E-state index is 13.8. The van der Waals surface area contributed by atoms with Gasteiger partial charge in [0.05, 0.1) is 0 Å². The number of nitrogens with one attached hydrogen (secondary N) is 2. The highest BCUT2D eigenvalue weighted by Gasteiger charge is 2.23. The van der Waals surface area contributed by atoms with Crippen LogP contribution in [0.2, 0.25) is 0 Å². The number of halogens is 2. The van der Waals surface area contributed by atoms with Gasteiger partial charge in [-0.2, -0.15) is 0 Å². The average molecular weight is 497 g/mol. The summed E-state index contributed by atoms with van der Waals surface area (Å²) in [5.41, 5.74) is 14.8. The van der Waals surface area contributed by atoms with E-state index >= 15 is 0 Å². The van der Waals surface area contributed by atoms with Crippen LogP contribution in [-0.2, 0) is 17.6 Å². The van der Waals surface area contributed by atoms with Gasteiger partial charge in [-0.25, -0.2) is 8.78 Å². The van der Waals surface area contributed by atoms with Gasteiger partial charge in [-0.3, -0.25) is 4.79 Å². The van der Waals surface area contributed by atoms with Crippen molar-refractivity contribution >= 4 is 17.3 Å². The molecule has 0 aliphatic carbocycles. The Morgan fingerprint density at radius 3 is 2.42 bits per heavy atom. The number of anilines is 2. The molecule has 0 aromatic heterocycles. The molecule has 3 aromatic rings. The number of carbonyl (C=O) groups excluding carboxylic acids is 1. The molecule has 3 unspecified atom stereocenters. The van der Waals surface area contributed by atoms with Crippen LogP contribution < -0.4 is 22.1 Å². The maximum Gasteiger partial charge on any atom is 0.254 e. The Morgan fingerprint density at radius 2 is 1.64 bits per heavy atom. The molecule has 6 nitrogen and oxygen atoms in total. The molecule has 3 rings (SSSR count). The molecule has 0 radical (unpaired) electrons. The third-order valence-electron chi connectivity index (χ3n) is 5.94. The lowest BCUT2D eigenvalue weighted by Crippen LogP contribution is -2.44. The van der Waals surface area contributed by atoms with Crippen LogP contribution in [0.5, 0.6) is 0 Å². The third-order valence-corrected chi connectivity index (χ3v) is 5.94. The van der Waals surface area contributed by atoms with Gasteiger partial charge < -0.3 is 27.2 Å². The predicted octanol–water partition coefficient (Wildman–Crippen LogP) is 3.99. The first-order chi connectivity index (χ1) is 17.3. The van der Waals surface area contributed by atoms with Crippen molar-refractivity contribution in [2.24, 2.45) is 11.5 Å². The summed E-state index contributed by atoms with van der Waals surface area (Å²) in [5, 5.41) is 16.4. The number of hydrogen-bond acceptors (Lipinski definition) is 5. The quantitative estimate of drug-likeness (QED) is 0.230. The standard InChI is InChI=1S/C28H34F2N4O2/c29-21-12-13-25(30)20(16-21)17-22(31)9-4-5-14-33-23-10-6-11-24(18-23)34-28(36)27(35)26(32)15-19-7-2-1-3-8-19/h1-3,6-8,10-13,16,18,22,26-27,33,35H,4-5,9,14-15,17,31-32H2,(H,34,36). The molecule has 0 fully saturated rings. The molecule has 0 aliphatic rings. The van der Waals surface area contributed by atoms with E-state index in [9.17, 15) is 18.7 Å². The van der Waals surface area contributed by atoms with Crippen LogP contribution in [0, 0.1) is 11.6 Å². The van der Waals surface area contributed by atoms with E-state index in [0.29, 0.717) is 37.1 Å². The molecule has 0 saturated heterocycles. The van der Waals surface area contributed by atoms with Crippen LogP contribution in [0.4, 0.5) is 20.2 Å². The molecule has 0 heterocycles. The second-order valence-corrected chi connectivity index (χ2v) is 8.99. The van der Waals surface area contributed by atoms with Gasteiger partial charge in [-0.05, 0) is 73.2 Å². The zero-order chi connectivity index (χ0) is 25.9. The number of aliphatic hydroxyl groups excluding tert-OH is 1. The van der Waals surface area contributed by atoms with Crippen molar-refractivity contribution in [1.29, 1.82) is 0 Å². The van der Waals surface area contributed by atoms with Gasteiger partial charge in [-0.1, -0.05) is 42.8 Å². The fourth-order valence-corrected chi connectivity index (χ4v) is 3.96. The summed E-state index contributed by atoms with van der Waals surface area (Å²) in [6.45, 7) is 0.684. The van der Waals surface area contributed by atoms with Gasteiger partial charge in [0, 0.05) is 30.0 Å². The van der Waals surface area contributed by atoms with Gasteiger partial charge in [0.15, 0.2) is 0 Å². The number of rotatable bonds is 13. The molecule has 8 heteroatoms. The second-order valence-electron chi connectivity index (χ2n) is 8.99. The monoisotopic (exact) mass is 496 g/mol. The first-order valence-electron chi connectivity index (χ1n) is 12.1. The first-order valence-corrected chi connectivity index (χ1v) is 12.1. The summed E-state index contributed by atoms with van der Waals surface area (Å²) in [6, 6.07) is 19.1. The van der Waals surface area contributed by atoms with Crippen LogP contribution in [0.15, 0.2) is 72.8 Å². The van der Waals surface area contributed by atoms with Gasteiger partial charge in [0.25, 0.3) is 5.91 Å². The topological polar surface area (TPSA) is 113 Å². The van der Waals surface area contributed by atoms with E-state index in [1.54, 1.807) is 18.2 Å². The van der Waals surface area contributed by atoms with E-state index in [2.05, 4.69) is 10.6 Å². The summed E-state index contributed by atoms with van der Waals surface area (Å²) in [5.74, 6) is -1.46. The van der Waals surface area contributed by atoms with E-state index in [0.717, 1.165) is 36.2 Å². The molecule has 1 amide bonds. The summed E-state index contributed by atoms with van der Waals surface area (Å²) in [7, 11) is 0. The van der Waals surface area contributed by atoms with Crippen LogP contribution in [0.25, 0.3) is 0 Å².